The lowest BCUT2D eigenvalue weighted by Gasteiger charge is -2.13. The predicted octanol–water partition coefficient (Wildman–Crippen LogP) is 1.35. The quantitative estimate of drug-likeness (QED) is 0.779. The van der Waals surface area contributed by atoms with Gasteiger partial charge in [-0.1, -0.05) is 30.2 Å². The molecule has 1 aromatic rings. The van der Waals surface area contributed by atoms with Crippen molar-refractivity contribution in [1.82, 2.24) is 4.90 Å². The highest BCUT2D eigenvalue weighted by molar-refractivity contribution is 5.64. The van der Waals surface area contributed by atoms with E-state index in [1.165, 1.54) is 0 Å². The van der Waals surface area contributed by atoms with Crippen LogP contribution < -0.4 is 5.73 Å². The highest BCUT2D eigenvalue weighted by Gasteiger charge is 2.00. The van der Waals surface area contributed by atoms with Crippen LogP contribution >= 0.6 is 0 Å². The molecule has 0 unspecified atom stereocenters. The maximum Gasteiger partial charge on any atom is 0.404 e. The summed E-state index contributed by atoms with van der Waals surface area (Å²) in [5.74, 6) is 2.59. The third kappa shape index (κ3) is 5.05. The number of hydrogen-bond acceptors (Lipinski definition) is 3. The Kier molecular flexibility index (Phi) is 5.05. The summed E-state index contributed by atoms with van der Waals surface area (Å²) < 4.78 is 4.69. The highest BCUT2D eigenvalue weighted by Crippen LogP contribution is 2.07. The Morgan fingerprint density at radius 3 is 2.53 bits per heavy atom. The number of hydrogen-bond donors (Lipinski definition) is 1. The minimum Gasteiger partial charge on any atom is -0.445 e. The van der Waals surface area contributed by atoms with E-state index in [9.17, 15) is 4.79 Å². The fraction of sp³-hybridized carbons (Fsp3) is 0.308. The van der Waals surface area contributed by atoms with Crippen LogP contribution in [0.4, 0.5) is 4.79 Å². The Morgan fingerprint density at radius 2 is 2.00 bits per heavy atom. The van der Waals surface area contributed by atoms with Gasteiger partial charge in [0.2, 0.25) is 0 Å². The van der Waals surface area contributed by atoms with Gasteiger partial charge in [-0.3, -0.25) is 4.90 Å². The summed E-state index contributed by atoms with van der Waals surface area (Å²) in [6, 6.07) is 7.77. The minimum absolute atomic E-state index is 0.204. The van der Waals surface area contributed by atoms with Gasteiger partial charge in [-0.05, 0) is 18.2 Å². The predicted molar refractivity (Wildman–Crippen MR) is 66.0 cm³/mol. The largest absolute Gasteiger partial charge is 0.445 e. The van der Waals surface area contributed by atoms with E-state index in [1.807, 2.05) is 36.2 Å². The van der Waals surface area contributed by atoms with E-state index in [1.54, 1.807) is 0 Å². The molecule has 4 heteroatoms. The number of terminal acetylenes is 1. The molecule has 0 radical (unpaired) electrons. The molecule has 4 nitrogen and oxygen atoms in total. The second-order valence-corrected chi connectivity index (χ2v) is 3.80. The first-order chi connectivity index (χ1) is 8.11. The molecule has 17 heavy (non-hydrogen) atoms. The molecule has 0 fully saturated rings. The third-order valence-corrected chi connectivity index (χ3v) is 2.22. The number of nitrogens with two attached hydrogens (primary N) is 1. The molecule has 0 spiro atoms. The van der Waals surface area contributed by atoms with Gasteiger partial charge in [0, 0.05) is 6.54 Å². The summed E-state index contributed by atoms with van der Waals surface area (Å²) in [6.07, 6.45) is 4.46. The highest BCUT2D eigenvalue weighted by atomic mass is 16.5. The number of ether oxygens (including phenoxy) is 1. The zero-order valence-electron chi connectivity index (χ0n) is 9.85. The molecule has 0 bridgehead atoms. The Morgan fingerprint density at radius 1 is 1.41 bits per heavy atom. The molecule has 0 aromatic heterocycles. The van der Waals surface area contributed by atoms with E-state index in [4.69, 9.17) is 12.2 Å². The number of nitrogens with zero attached hydrogens (tertiary/aromatic N) is 1. The van der Waals surface area contributed by atoms with Crippen molar-refractivity contribution in [1.29, 1.82) is 0 Å². The molecule has 2 N–H and O–H groups in total. The summed E-state index contributed by atoms with van der Waals surface area (Å²) in [5, 5.41) is 0. The lowest BCUT2D eigenvalue weighted by Crippen LogP contribution is -2.17. The molecule has 0 aliphatic heterocycles. The summed E-state index contributed by atoms with van der Waals surface area (Å²) >= 11 is 0. The Balaban J connectivity index is 2.50. The molecular weight excluding hydrogens is 216 g/mol. The van der Waals surface area contributed by atoms with E-state index in [0.29, 0.717) is 6.54 Å². The zero-order valence-corrected chi connectivity index (χ0v) is 9.85. The average molecular weight is 232 g/mol. The number of primary amides is 1. The molecule has 1 rings (SSSR count). The molecule has 0 atom stereocenters. The Bertz CT molecular complexity index is 406. The van der Waals surface area contributed by atoms with Gasteiger partial charge in [0.1, 0.15) is 6.61 Å². The maximum absolute atomic E-state index is 10.4. The number of carbonyl (C=O) groups excluding carboxylic acids is 1. The van der Waals surface area contributed by atoms with Gasteiger partial charge in [0.05, 0.1) is 6.54 Å². The van der Waals surface area contributed by atoms with Gasteiger partial charge in [-0.2, -0.15) is 0 Å². The average Bonchev–Trinajstić information content (AvgIpc) is 2.28. The molecular formula is C13H16N2O2. The first kappa shape index (κ1) is 13.1. The van der Waals surface area contributed by atoms with E-state index in [2.05, 4.69) is 10.7 Å². The molecule has 90 valence electrons. The second-order valence-electron chi connectivity index (χ2n) is 3.80. The van der Waals surface area contributed by atoms with E-state index in [0.717, 1.165) is 17.7 Å². The summed E-state index contributed by atoms with van der Waals surface area (Å²) in [7, 11) is 1.96. The van der Waals surface area contributed by atoms with Crippen LogP contribution in [0, 0.1) is 12.3 Å². The standard InChI is InChI=1S/C13H16N2O2/c1-3-8-15(2)9-11-4-6-12(7-5-11)10-17-13(14)16/h1,4-7H,8-10H2,2H3,(H2,14,16). The lowest BCUT2D eigenvalue weighted by atomic mass is 10.1. The van der Waals surface area contributed by atoms with Crippen LogP contribution in [0.15, 0.2) is 24.3 Å². The minimum atomic E-state index is -0.761. The van der Waals surface area contributed by atoms with Crippen molar-refractivity contribution in [3.05, 3.63) is 35.4 Å². The topological polar surface area (TPSA) is 55.6 Å². The van der Waals surface area contributed by atoms with Crippen molar-refractivity contribution >= 4 is 6.09 Å². The van der Waals surface area contributed by atoms with Crippen molar-refractivity contribution in [3.63, 3.8) is 0 Å². The van der Waals surface area contributed by atoms with Crippen molar-refractivity contribution < 1.29 is 9.53 Å². The normalized spacial score (nSPS) is 9.94. The Hall–Kier alpha value is -1.99. The fourth-order valence-electron chi connectivity index (χ4n) is 1.42. The fourth-order valence-corrected chi connectivity index (χ4v) is 1.42. The van der Waals surface area contributed by atoms with E-state index < -0.39 is 6.09 Å². The van der Waals surface area contributed by atoms with Crippen LogP contribution in [0.5, 0.6) is 0 Å². The summed E-state index contributed by atoms with van der Waals surface area (Å²) in [6.45, 7) is 1.61. The third-order valence-electron chi connectivity index (χ3n) is 2.22. The number of benzene rings is 1. The molecule has 1 aromatic carbocycles. The zero-order chi connectivity index (χ0) is 12.7. The first-order valence-electron chi connectivity index (χ1n) is 5.24. The van der Waals surface area contributed by atoms with Crippen LogP contribution in [-0.2, 0) is 17.9 Å². The number of rotatable bonds is 5. The molecule has 1 amide bonds. The van der Waals surface area contributed by atoms with Crippen LogP contribution in [0.25, 0.3) is 0 Å². The van der Waals surface area contributed by atoms with Crippen molar-refractivity contribution in [3.8, 4) is 12.3 Å². The van der Waals surface area contributed by atoms with Gasteiger partial charge < -0.3 is 10.5 Å². The SMILES string of the molecule is C#CCN(C)Cc1ccc(COC(N)=O)cc1. The van der Waals surface area contributed by atoms with Crippen molar-refractivity contribution in [2.45, 2.75) is 13.2 Å². The molecule has 0 heterocycles. The first-order valence-corrected chi connectivity index (χ1v) is 5.24. The van der Waals surface area contributed by atoms with Crippen LogP contribution in [0.3, 0.4) is 0 Å². The Labute approximate surface area is 101 Å². The summed E-state index contributed by atoms with van der Waals surface area (Å²) in [5.41, 5.74) is 6.95. The van der Waals surface area contributed by atoms with E-state index >= 15 is 0 Å². The van der Waals surface area contributed by atoms with Crippen LogP contribution in [0.1, 0.15) is 11.1 Å². The smallest absolute Gasteiger partial charge is 0.404 e. The van der Waals surface area contributed by atoms with Crippen molar-refractivity contribution in [2.24, 2.45) is 5.73 Å². The van der Waals surface area contributed by atoms with Gasteiger partial charge >= 0.3 is 6.09 Å². The second kappa shape index (κ2) is 6.56. The number of amides is 1. The van der Waals surface area contributed by atoms with Crippen molar-refractivity contribution in [2.75, 3.05) is 13.6 Å². The summed E-state index contributed by atoms with van der Waals surface area (Å²) in [4.78, 5) is 12.5. The number of carbonyl (C=O) groups is 1. The molecule has 0 aliphatic rings. The van der Waals surface area contributed by atoms with Gasteiger partial charge in [-0.25, -0.2) is 4.79 Å². The lowest BCUT2D eigenvalue weighted by molar-refractivity contribution is 0.150. The van der Waals surface area contributed by atoms with Gasteiger partial charge in [-0.15, -0.1) is 6.42 Å². The molecule has 0 aliphatic carbocycles. The monoisotopic (exact) mass is 232 g/mol. The van der Waals surface area contributed by atoms with E-state index in [-0.39, 0.29) is 6.61 Å². The molecule has 0 saturated heterocycles. The van der Waals surface area contributed by atoms with Crippen LogP contribution in [-0.4, -0.2) is 24.6 Å². The maximum atomic E-state index is 10.4. The van der Waals surface area contributed by atoms with Gasteiger partial charge in [0.25, 0.3) is 0 Å². The van der Waals surface area contributed by atoms with Crippen LogP contribution in [0.2, 0.25) is 0 Å². The molecule has 0 saturated carbocycles. The van der Waals surface area contributed by atoms with Gasteiger partial charge in [0.15, 0.2) is 0 Å².